The summed E-state index contributed by atoms with van der Waals surface area (Å²) >= 11 is 0. The molecule has 0 spiro atoms. The van der Waals surface area contributed by atoms with Crippen molar-refractivity contribution in [1.29, 1.82) is 5.26 Å². The molecule has 3 rings (SSSR count). The number of aldehydes is 1. The van der Waals surface area contributed by atoms with Gasteiger partial charge in [-0.15, -0.1) is 0 Å². The van der Waals surface area contributed by atoms with Gasteiger partial charge in [-0.2, -0.15) is 5.26 Å². The van der Waals surface area contributed by atoms with E-state index in [1.165, 1.54) is 12.1 Å². The van der Waals surface area contributed by atoms with Gasteiger partial charge in [0.15, 0.2) is 0 Å². The molecule has 0 N–H and O–H groups in total. The van der Waals surface area contributed by atoms with Crippen molar-refractivity contribution in [2.24, 2.45) is 0 Å². The Morgan fingerprint density at radius 1 is 1.19 bits per heavy atom. The van der Waals surface area contributed by atoms with Gasteiger partial charge in [-0.1, -0.05) is 0 Å². The van der Waals surface area contributed by atoms with E-state index < -0.39 is 0 Å². The molecule has 0 unspecified atom stereocenters. The van der Waals surface area contributed by atoms with Crippen molar-refractivity contribution in [1.82, 2.24) is 4.57 Å². The fourth-order valence-electron chi connectivity index (χ4n) is 2.38. The van der Waals surface area contributed by atoms with Crippen molar-refractivity contribution in [2.45, 2.75) is 6.54 Å². The molecule has 102 valence electrons. The fraction of sp³-hybridized carbons (Fsp3) is 0.0588. The van der Waals surface area contributed by atoms with Gasteiger partial charge in [0.05, 0.1) is 18.2 Å². The third-order valence-corrected chi connectivity index (χ3v) is 3.45. The quantitative estimate of drug-likeness (QED) is 0.688. The number of nitriles is 1. The van der Waals surface area contributed by atoms with Gasteiger partial charge in [0.1, 0.15) is 12.1 Å². The number of nitrogens with zero attached hydrogens (tertiary/aromatic N) is 2. The summed E-state index contributed by atoms with van der Waals surface area (Å²) in [6.45, 7) is 0.339. The predicted octanol–water partition coefficient (Wildman–Crippen LogP) is 3.51. The molecule has 3 aromatic rings. The summed E-state index contributed by atoms with van der Waals surface area (Å²) in [5.74, 6) is -0.333. The first-order valence-electron chi connectivity index (χ1n) is 6.44. The maximum atomic E-state index is 13.8. The molecule has 0 bridgehead atoms. The van der Waals surface area contributed by atoms with Gasteiger partial charge in [0.25, 0.3) is 0 Å². The van der Waals surface area contributed by atoms with E-state index in [0.717, 1.165) is 17.2 Å². The molecule has 0 fully saturated rings. The predicted molar refractivity (Wildman–Crippen MR) is 77.5 cm³/mol. The third kappa shape index (κ3) is 2.41. The van der Waals surface area contributed by atoms with Crippen LogP contribution in [0, 0.1) is 17.1 Å². The number of rotatable bonds is 3. The lowest BCUT2D eigenvalue weighted by atomic mass is 10.1. The van der Waals surface area contributed by atoms with Crippen molar-refractivity contribution >= 4 is 17.2 Å². The average Bonchev–Trinajstić information content (AvgIpc) is 2.91. The van der Waals surface area contributed by atoms with Gasteiger partial charge in [-0.05, 0) is 42.5 Å². The molecule has 1 heterocycles. The van der Waals surface area contributed by atoms with Crippen LogP contribution in [0.25, 0.3) is 10.9 Å². The minimum atomic E-state index is -0.333. The first-order chi connectivity index (χ1) is 10.2. The first kappa shape index (κ1) is 13.1. The Hall–Kier alpha value is -2.93. The second-order valence-corrected chi connectivity index (χ2v) is 4.80. The molecule has 0 aliphatic rings. The lowest BCUT2D eigenvalue weighted by Crippen LogP contribution is -2.01. The molecule has 2 aromatic carbocycles. The molecule has 0 saturated heterocycles. The standard InChI is InChI=1S/C17H11FN2O/c18-16-3-1-12(9-19)7-15(16)10-20-6-5-14-8-13(11-21)2-4-17(14)20/h1-8,11H,10H2. The van der Waals surface area contributed by atoms with Gasteiger partial charge >= 0.3 is 0 Å². The van der Waals surface area contributed by atoms with Crippen molar-refractivity contribution in [2.75, 3.05) is 0 Å². The number of hydrogen-bond donors (Lipinski definition) is 0. The van der Waals surface area contributed by atoms with E-state index in [0.29, 0.717) is 23.2 Å². The number of benzene rings is 2. The first-order valence-corrected chi connectivity index (χ1v) is 6.44. The van der Waals surface area contributed by atoms with Crippen LogP contribution in [0.2, 0.25) is 0 Å². The highest BCUT2D eigenvalue weighted by Gasteiger charge is 2.07. The highest BCUT2D eigenvalue weighted by atomic mass is 19.1. The summed E-state index contributed by atoms with van der Waals surface area (Å²) < 4.78 is 15.7. The Labute approximate surface area is 120 Å². The molecule has 0 saturated carbocycles. The average molecular weight is 278 g/mol. The molecule has 0 aliphatic carbocycles. The second kappa shape index (κ2) is 5.22. The molecule has 21 heavy (non-hydrogen) atoms. The summed E-state index contributed by atoms with van der Waals surface area (Å²) in [7, 11) is 0. The molecule has 0 atom stereocenters. The van der Waals surface area contributed by atoms with Gasteiger partial charge in [0, 0.05) is 28.2 Å². The molecule has 0 aliphatic heterocycles. The van der Waals surface area contributed by atoms with E-state index in [1.54, 1.807) is 18.2 Å². The molecule has 4 heteroatoms. The monoisotopic (exact) mass is 278 g/mol. The summed E-state index contributed by atoms with van der Waals surface area (Å²) in [6.07, 6.45) is 2.64. The number of aromatic nitrogens is 1. The number of carbonyl (C=O) groups is 1. The summed E-state index contributed by atoms with van der Waals surface area (Å²) in [6, 6.07) is 13.6. The second-order valence-electron chi connectivity index (χ2n) is 4.80. The SMILES string of the molecule is N#Cc1ccc(F)c(Cn2ccc3cc(C=O)ccc32)c1. The summed E-state index contributed by atoms with van der Waals surface area (Å²) in [5, 5.41) is 9.82. The van der Waals surface area contributed by atoms with E-state index in [9.17, 15) is 9.18 Å². The Bertz CT molecular complexity index is 874. The number of fused-ring (bicyclic) bond motifs is 1. The van der Waals surface area contributed by atoms with Crippen LogP contribution in [0.3, 0.4) is 0 Å². The van der Waals surface area contributed by atoms with Crippen molar-refractivity contribution in [3.63, 3.8) is 0 Å². The van der Waals surface area contributed by atoms with Crippen LogP contribution < -0.4 is 0 Å². The molecule has 0 amide bonds. The maximum absolute atomic E-state index is 13.8. The van der Waals surface area contributed by atoms with Gasteiger partial charge < -0.3 is 4.57 Å². The highest BCUT2D eigenvalue weighted by Crippen LogP contribution is 2.20. The Balaban J connectivity index is 2.02. The van der Waals surface area contributed by atoms with Gasteiger partial charge in [-0.25, -0.2) is 4.39 Å². The number of hydrogen-bond acceptors (Lipinski definition) is 2. The van der Waals surface area contributed by atoms with Crippen LogP contribution in [-0.4, -0.2) is 10.9 Å². The highest BCUT2D eigenvalue weighted by molar-refractivity contribution is 5.87. The smallest absolute Gasteiger partial charge is 0.150 e. The molecule has 3 nitrogen and oxygen atoms in total. The van der Waals surface area contributed by atoms with Crippen LogP contribution in [0.4, 0.5) is 4.39 Å². The molecule has 1 aromatic heterocycles. The van der Waals surface area contributed by atoms with E-state index in [1.807, 2.05) is 29.0 Å². The van der Waals surface area contributed by atoms with Crippen LogP contribution in [0.1, 0.15) is 21.5 Å². The zero-order valence-electron chi connectivity index (χ0n) is 11.1. The Morgan fingerprint density at radius 3 is 2.81 bits per heavy atom. The Morgan fingerprint density at radius 2 is 2.05 bits per heavy atom. The topological polar surface area (TPSA) is 45.8 Å². The van der Waals surface area contributed by atoms with Gasteiger partial charge in [0.2, 0.25) is 0 Å². The molecular weight excluding hydrogens is 267 g/mol. The van der Waals surface area contributed by atoms with Crippen molar-refractivity contribution < 1.29 is 9.18 Å². The van der Waals surface area contributed by atoms with Crippen molar-refractivity contribution in [3.8, 4) is 6.07 Å². The van der Waals surface area contributed by atoms with Crippen LogP contribution in [-0.2, 0) is 6.54 Å². The zero-order valence-corrected chi connectivity index (χ0v) is 11.1. The number of carbonyl (C=O) groups excluding carboxylic acids is 1. The lowest BCUT2D eigenvalue weighted by molar-refractivity contribution is 0.112. The third-order valence-electron chi connectivity index (χ3n) is 3.45. The van der Waals surface area contributed by atoms with Crippen LogP contribution in [0.15, 0.2) is 48.7 Å². The molecule has 0 radical (unpaired) electrons. The van der Waals surface area contributed by atoms with E-state index in [4.69, 9.17) is 5.26 Å². The largest absolute Gasteiger partial charge is 0.343 e. The van der Waals surface area contributed by atoms with E-state index >= 15 is 0 Å². The maximum Gasteiger partial charge on any atom is 0.150 e. The Kier molecular flexibility index (Phi) is 3.25. The van der Waals surface area contributed by atoms with Crippen LogP contribution >= 0.6 is 0 Å². The number of halogens is 1. The van der Waals surface area contributed by atoms with E-state index in [2.05, 4.69) is 0 Å². The van der Waals surface area contributed by atoms with Gasteiger partial charge in [-0.3, -0.25) is 4.79 Å². The minimum absolute atomic E-state index is 0.333. The lowest BCUT2D eigenvalue weighted by Gasteiger charge is -2.07. The normalized spacial score (nSPS) is 10.5. The van der Waals surface area contributed by atoms with E-state index in [-0.39, 0.29) is 5.82 Å². The zero-order chi connectivity index (χ0) is 14.8. The fourth-order valence-corrected chi connectivity index (χ4v) is 2.38. The summed E-state index contributed by atoms with van der Waals surface area (Å²) in [5.41, 5.74) is 2.43. The van der Waals surface area contributed by atoms with Crippen molar-refractivity contribution in [3.05, 3.63) is 71.2 Å². The minimum Gasteiger partial charge on any atom is -0.343 e. The summed E-state index contributed by atoms with van der Waals surface area (Å²) in [4.78, 5) is 10.8. The van der Waals surface area contributed by atoms with Crippen LogP contribution in [0.5, 0.6) is 0 Å². The molecular formula is C17H11FN2O.